The summed E-state index contributed by atoms with van der Waals surface area (Å²) in [5.41, 5.74) is 0.0153. The quantitative estimate of drug-likeness (QED) is 0.387. The lowest BCUT2D eigenvalue weighted by atomic mass is 9.64. The van der Waals surface area contributed by atoms with Gasteiger partial charge in [0.1, 0.15) is 10.7 Å². The van der Waals surface area contributed by atoms with Gasteiger partial charge in [-0.25, -0.2) is 4.39 Å². The van der Waals surface area contributed by atoms with Gasteiger partial charge in [0, 0.05) is 18.9 Å². The third kappa shape index (κ3) is 5.22. The Kier molecular flexibility index (Phi) is 7.34. The molecule has 31 heavy (non-hydrogen) atoms. The standard InChI is InChI=1S/C21H25Cl3FNO4S/c1-14(27)26-10-3-4-19(26)21(24)13-20(8-7-18(21)25,9-11-30-31(2,28)29)15-5-6-16(22)17(23)12-15/h5-7,12,19H,3-4,8-11,13H2,1-2H3/t19-,20?,21?/m0/s1. The lowest BCUT2D eigenvalue weighted by Crippen LogP contribution is -2.53. The van der Waals surface area contributed by atoms with Crippen molar-refractivity contribution >= 4 is 50.8 Å². The Balaban J connectivity index is 2.04. The highest BCUT2D eigenvalue weighted by Crippen LogP contribution is 2.53. The second kappa shape index (κ2) is 9.18. The van der Waals surface area contributed by atoms with Crippen molar-refractivity contribution in [2.75, 3.05) is 19.4 Å². The van der Waals surface area contributed by atoms with Crippen LogP contribution in [0.4, 0.5) is 4.39 Å². The van der Waals surface area contributed by atoms with E-state index in [9.17, 15) is 13.2 Å². The normalized spacial score (nSPS) is 29.2. The summed E-state index contributed by atoms with van der Waals surface area (Å²) in [4.78, 5) is 12.3. The number of halogens is 4. The lowest BCUT2D eigenvalue weighted by Gasteiger charge is -2.47. The zero-order valence-corrected chi connectivity index (χ0v) is 20.4. The minimum absolute atomic E-state index is 0.0946. The molecule has 2 unspecified atom stereocenters. The number of alkyl halides is 1. The SMILES string of the molecule is CC(=O)N1CCC[C@H]1C1(Cl)CC(CCOS(C)(=O)=O)(c2ccc(Cl)c(Cl)c2)CC=C1F. The fourth-order valence-corrected chi connectivity index (χ4v) is 6.01. The molecule has 3 atom stereocenters. The molecule has 10 heteroatoms. The smallest absolute Gasteiger partial charge is 0.264 e. The molecule has 2 aliphatic rings. The van der Waals surface area contributed by atoms with Crippen LogP contribution in [-0.2, 0) is 24.5 Å². The van der Waals surface area contributed by atoms with Gasteiger partial charge in [0.15, 0.2) is 0 Å². The summed E-state index contributed by atoms with van der Waals surface area (Å²) in [5, 5.41) is 0.713. The largest absolute Gasteiger partial charge is 0.338 e. The van der Waals surface area contributed by atoms with Gasteiger partial charge >= 0.3 is 0 Å². The molecule has 0 spiro atoms. The third-order valence-electron chi connectivity index (χ3n) is 6.26. The predicted molar refractivity (Wildman–Crippen MR) is 121 cm³/mol. The molecule has 172 valence electrons. The molecule has 1 aliphatic heterocycles. The number of benzene rings is 1. The van der Waals surface area contributed by atoms with E-state index in [2.05, 4.69) is 0 Å². The molecule has 0 N–H and O–H groups in total. The molecule has 1 heterocycles. The molecule has 1 saturated heterocycles. The Hall–Kier alpha value is -0.860. The summed E-state index contributed by atoms with van der Waals surface area (Å²) in [7, 11) is -3.65. The van der Waals surface area contributed by atoms with Crippen molar-refractivity contribution in [2.24, 2.45) is 0 Å². The van der Waals surface area contributed by atoms with Crippen molar-refractivity contribution in [3.63, 3.8) is 0 Å². The van der Waals surface area contributed by atoms with Crippen molar-refractivity contribution in [2.45, 2.75) is 55.4 Å². The summed E-state index contributed by atoms with van der Waals surface area (Å²) in [6, 6.07) is 4.65. The number of carbonyl (C=O) groups excluding carboxylic acids is 1. The molecular formula is C21H25Cl3FNO4S. The first kappa shape index (κ1) is 24.8. The number of hydrogen-bond donors (Lipinski definition) is 0. The van der Waals surface area contributed by atoms with E-state index in [0.717, 1.165) is 18.2 Å². The highest BCUT2D eigenvalue weighted by Gasteiger charge is 2.54. The molecule has 1 aliphatic carbocycles. The average Bonchev–Trinajstić information content (AvgIpc) is 3.17. The minimum atomic E-state index is -3.65. The number of nitrogens with zero attached hydrogens (tertiary/aromatic N) is 1. The van der Waals surface area contributed by atoms with Crippen molar-refractivity contribution in [1.29, 1.82) is 0 Å². The van der Waals surface area contributed by atoms with Crippen molar-refractivity contribution in [3.05, 3.63) is 45.7 Å². The van der Waals surface area contributed by atoms with E-state index in [1.54, 1.807) is 23.1 Å². The number of amides is 1. The summed E-state index contributed by atoms with van der Waals surface area (Å²) >= 11 is 19.3. The van der Waals surface area contributed by atoms with Gasteiger partial charge in [-0.3, -0.25) is 8.98 Å². The van der Waals surface area contributed by atoms with Crippen molar-refractivity contribution in [3.8, 4) is 0 Å². The number of hydrogen-bond acceptors (Lipinski definition) is 4. The van der Waals surface area contributed by atoms with Gasteiger partial charge in [0.2, 0.25) is 5.91 Å². The molecule has 5 nitrogen and oxygen atoms in total. The third-order valence-corrected chi connectivity index (χ3v) is 8.16. The summed E-state index contributed by atoms with van der Waals surface area (Å²) in [6.45, 7) is 1.89. The van der Waals surface area contributed by atoms with E-state index in [-0.39, 0.29) is 31.8 Å². The van der Waals surface area contributed by atoms with Crippen LogP contribution in [0.1, 0.15) is 44.6 Å². The van der Waals surface area contributed by atoms with Gasteiger partial charge in [-0.05, 0) is 49.8 Å². The van der Waals surface area contributed by atoms with E-state index in [0.29, 0.717) is 23.0 Å². The molecule has 1 aromatic rings. The maximum Gasteiger partial charge on any atom is 0.264 e. The topological polar surface area (TPSA) is 63.7 Å². The zero-order chi connectivity index (χ0) is 23.0. The van der Waals surface area contributed by atoms with Crippen LogP contribution in [0.5, 0.6) is 0 Å². The monoisotopic (exact) mass is 511 g/mol. The van der Waals surface area contributed by atoms with Crippen LogP contribution in [0.3, 0.4) is 0 Å². The molecule has 0 radical (unpaired) electrons. The van der Waals surface area contributed by atoms with Crippen LogP contribution in [0.25, 0.3) is 0 Å². The maximum atomic E-state index is 15.3. The van der Waals surface area contributed by atoms with Crippen LogP contribution in [-0.4, -0.2) is 49.5 Å². The van der Waals surface area contributed by atoms with Gasteiger partial charge in [0.05, 0.1) is 28.9 Å². The van der Waals surface area contributed by atoms with Crippen LogP contribution >= 0.6 is 34.8 Å². The fraction of sp³-hybridized carbons (Fsp3) is 0.571. The van der Waals surface area contributed by atoms with Gasteiger partial charge in [-0.1, -0.05) is 35.3 Å². The molecule has 1 aromatic carbocycles. The molecule has 0 aromatic heterocycles. The number of likely N-dealkylation sites (tertiary alicyclic amines) is 1. The second-order valence-electron chi connectivity index (χ2n) is 8.35. The first-order valence-electron chi connectivity index (χ1n) is 10.0. The van der Waals surface area contributed by atoms with E-state index in [1.807, 2.05) is 0 Å². The van der Waals surface area contributed by atoms with Crippen LogP contribution in [0.2, 0.25) is 10.0 Å². The van der Waals surface area contributed by atoms with E-state index >= 15 is 4.39 Å². The fourth-order valence-electron chi connectivity index (χ4n) is 4.77. The second-order valence-corrected chi connectivity index (χ2v) is 11.5. The minimum Gasteiger partial charge on any atom is -0.338 e. The number of allylic oxidation sites excluding steroid dienone is 1. The Morgan fingerprint density at radius 1 is 1.32 bits per heavy atom. The highest BCUT2D eigenvalue weighted by atomic mass is 35.5. The van der Waals surface area contributed by atoms with Crippen LogP contribution in [0.15, 0.2) is 30.1 Å². The molecule has 1 fully saturated rings. The molecular weight excluding hydrogens is 488 g/mol. The van der Waals surface area contributed by atoms with Gasteiger partial charge in [0.25, 0.3) is 10.1 Å². The Morgan fingerprint density at radius 3 is 2.65 bits per heavy atom. The van der Waals surface area contributed by atoms with Gasteiger partial charge < -0.3 is 4.90 Å². The summed E-state index contributed by atoms with van der Waals surface area (Å²) in [6.07, 6.45) is 4.45. The average molecular weight is 513 g/mol. The van der Waals surface area contributed by atoms with E-state index in [1.165, 1.54) is 13.0 Å². The number of rotatable bonds is 6. The lowest BCUT2D eigenvalue weighted by molar-refractivity contribution is -0.130. The maximum absolute atomic E-state index is 15.3. The summed E-state index contributed by atoms with van der Waals surface area (Å²) in [5.74, 6) is -0.617. The van der Waals surface area contributed by atoms with Crippen molar-refractivity contribution < 1.29 is 21.8 Å². The Morgan fingerprint density at radius 2 is 2.03 bits per heavy atom. The zero-order valence-electron chi connectivity index (χ0n) is 17.3. The van der Waals surface area contributed by atoms with Crippen molar-refractivity contribution in [1.82, 2.24) is 4.90 Å². The Bertz CT molecular complexity index is 1000. The van der Waals surface area contributed by atoms with E-state index < -0.39 is 32.3 Å². The molecule has 0 saturated carbocycles. The van der Waals surface area contributed by atoms with Crippen LogP contribution < -0.4 is 0 Å². The first-order valence-corrected chi connectivity index (χ1v) is 13.0. The molecule has 0 bridgehead atoms. The molecule has 1 amide bonds. The summed E-state index contributed by atoms with van der Waals surface area (Å²) < 4.78 is 43.3. The predicted octanol–water partition coefficient (Wildman–Crippen LogP) is 5.23. The van der Waals surface area contributed by atoms with Crippen LogP contribution in [0, 0.1) is 0 Å². The highest BCUT2D eigenvalue weighted by molar-refractivity contribution is 7.85. The van der Waals surface area contributed by atoms with E-state index in [4.69, 9.17) is 39.0 Å². The van der Waals surface area contributed by atoms with Gasteiger partial charge in [-0.15, -0.1) is 11.6 Å². The number of carbonyl (C=O) groups is 1. The molecule has 3 rings (SSSR count). The Labute approximate surface area is 197 Å². The first-order chi connectivity index (χ1) is 14.4. The van der Waals surface area contributed by atoms with Gasteiger partial charge in [-0.2, -0.15) is 8.42 Å².